The maximum Gasteiger partial charge on any atom is 0.417 e. The first-order valence-corrected chi connectivity index (χ1v) is 9.64. The summed E-state index contributed by atoms with van der Waals surface area (Å²) in [6, 6.07) is 5.91. The molecule has 8 nitrogen and oxygen atoms in total. The van der Waals surface area contributed by atoms with E-state index in [9.17, 15) is 13.2 Å². The van der Waals surface area contributed by atoms with Crippen LogP contribution < -0.4 is 10.5 Å². The molecule has 1 saturated heterocycles. The lowest BCUT2D eigenvalue weighted by atomic mass is 10.3. The van der Waals surface area contributed by atoms with Gasteiger partial charge in [0.25, 0.3) is 0 Å². The largest absolute Gasteiger partial charge is 0.487 e. The number of benzene rings is 1. The normalized spacial score (nSPS) is 18.4. The van der Waals surface area contributed by atoms with Crippen molar-refractivity contribution in [3.05, 3.63) is 52.2 Å². The van der Waals surface area contributed by atoms with E-state index < -0.39 is 15.8 Å². The molecule has 0 spiro atoms. The molecule has 10 heteroatoms. The molecule has 1 aromatic carbocycles. The molecule has 136 valence electrons. The summed E-state index contributed by atoms with van der Waals surface area (Å²) in [4.78, 5) is 17.7. The number of H-pyrrole nitrogens is 1. The highest BCUT2D eigenvalue weighted by Crippen LogP contribution is 2.28. The molecule has 1 aliphatic heterocycles. The summed E-state index contributed by atoms with van der Waals surface area (Å²) in [6.45, 7) is 0.538. The van der Waals surface area contributed by atoms with Gasteiger partial charge in [0.05, 0.1) is 17.0 Å². The Morgan fingerprint density at radius 2 is 2.19 bits per heavy atom. The Bertz CT molecular complexity index is 1120. The minimum absolute atomic E-state index is 0.0876. The van der Waals surface area contributed by atoms with Crippen LogP contribution in [0.25, 0.3) is 11.1 Å². The summed E-state index contributed by atoms with van der Waals surface area (Å²) in [5, 5.41) is 0.378. The van der Waals surface area contributed by atoms with Crippen molar-refractivity contribution in [3.63, 3.8) is 0 Å². The van der Waals surface area contributed by atoms with Gasteiger partial charge in [0.1, 0.15) is 16.9 Å². The summed E-state index contributed by atoms with van der Waals surface area (Å²) in [5.74, 6) is -0.151. The molecule has 1 aliphatic rings. The number of pyridine rings is 1. The molecule has 1 atom stereocenters. The predicted octanol–water partition coefficient (Wildman–Crippen LogP) is 2.01. The van der Waals surface area contributed by atoms with Gasteiger partial charge in [-0.05, 0) is 24.6 Å². The summed E-state index contributed by atoms with van der Waals surface area (Å²) in [5.41, 5.74) is 0.649. The number of aromatic nitrogens is 2. The van der Waals surface area contributed by atoms with E-state index in [1.165, 1.54) is 28.7 Å². The Kier molecular flexibility index (Phi) is 4.22. The van der Waals surface area contributed by atoms with Crippen molar-refractivity contribution in [1.29, 1.82) is 0 Å². The number of aromatic amines is 1. The minimum Gasteiger partial charge on any atom is -0.487 e. The average Bonchev–Trinajstić information content (AvgIpc) is 3.22. The zero-order valence-electron chi connectivity index (χ0n) is 13.4. The monoisotopic (exact) mass is 395 g/mol. The van der Waals surface area contributed by atoms with Gasteiger partial charge >= 0.3 is 5.76 Å². The zero-order valence-corrected chi connectivity index (χ0v) is 15.0. The third-order valence-electron chi connectivity index (χ3n) is 4.16. The maximum absolute atomic E-state index is 12.9. The molecule has 3 heterocycles. The number of rotatable bonds is 4. The second-order valence-electron chi connectivity index (χ2n) is 5.87. The van der Waals surface area contributed by atoms with Crippen molar-refractivity contribution in [2.24, 2.45) is 0 Å². The van der Waals surface area contributed by atoms with Crippen LogP contribution >= 0.6 is 11.6 Å². The molecule has 2 aromatic heterocycles. The van der Waals surface area contributed by atoms with E-state index in [0.29, 0.717) is 34.8 Å². The zero-order chi connectivity index (χ0) is 18.3. The van der Waals surface area contributed by atoms with Crippen molar-refractivity contribution < 1.29 is 17.6 Å². The first-order chi connectivity index (χ1) is 12.4. The Morgan fingerprint density at radius 1 is 1.35 bits per heavy atom. The van der Waals surface area contributed by atoms with E-state index in [1.807, 2.05) is 0 Å². The third kappa shape index (κ3) is 3.09. The predicted molar refractivity (Wildman–Crippen MR) is 93.9 cm³/mol. The number of ether oxygens (including phenoxy) is 1. The van der Waals surface area contributed by atoms with Crippen molar-refractivity contribution in [1.82, 2.24) is 14.3 Å². The van der Waals surface area contributed by atoms with E-state index in [2.05, 4.69) is 9.97 Å². The molecule has 0 aliphatic carbocycles. The van der Waals surface area contributed by atoms with Gasteiger partial charge in [0, 0.05) is 25.0 Å². The van der Waals surface area contributed by atoms with E-state index in [0.717, 1.165) is 0 Å². The molecule has 0 saturated carbocycles. The molecule has 0 unspecified atom stereocenters. The lowest BCUT2D eigenvalue weighted by Crippen LogP contribution is -2.31. The van der Waals surface area contributed by atoms with E-state index in [1.54, 1.807) is 12.3 Å². The topological polar surface area (TPSA) is 106 Å². The van der Waals surface area contributed by atoms with Gasteiger partial charge in [-0.2, -0.15) is 4.31 Å². The number of nitrogens with one attached hydrogen (secondary N) is 1. The SMILES string of the molecule is O=c1[nH]c2cc(S(=O)(=O)N3CC[C@H](Oc4ccncc4Cl)C3)ccc2o1. The smallest absolute Gasteiger partial charge is 0.417 e. The second-order valence-corrected chi connectivity index (χ2v) is 8.22. The van der Waals surface area contributed by atoms with Crippen molar-refractivity contribution in [2.45, 2.75) is 17.4 Å². The standard InChI is InChI=1S/C16H14ClN3O5S/c17-12-8-18-5-3-14(12)24-10-4-6-20(9-10)26(22,23)11-1-2-15-13(7-11)19-16(21)25-15/h1-3,5,7-8,10H,4,6,9H2,(H,19,21)/t10-/m0/s1. The van der Waals surface area contributed by atoms with E-state index in [-0.39, 0.29) is 17.5 Å². The van der Waals surface area contributed by atoms with E-state index in [4.69, 9.17) is 20.8 Å². The van der Waals surface area contributed by atoms with Crippen LogP contribution in [0.5, 0.6) is 5.75 Å². The maximum atomic E-state index is 12.9. The Balaban J connectivity index is 1.54. The number of oxazole rings is 1. The molecule has 1 fully saturated rings. The number of fused-ring (bicyclic) bond motifs is 1. The molecule has 1 N–H and O–H groups in total. The molecular formula is C16H14ClN3O5S. The highest BCUT2D eigenvalue weighted by Gasteiger charge is 2.34. The van der Waals surface area contributed by atoms with Gasteiger partial charge in [0.15, 0.2) is 5.58 Å². The first kappa shape index (κ1) is 17.1. The molecule has 0 amide bonds. The Hall–Kier alpha value is -2.36. The summed E-state index contributed by atoms with van der Waals surface area (Å²) >= 11 is 6.03. The van der Waals surface area contributed by atoms with Gasteiger partial charge in [-0.25, -0.2) is 13.2 Å². The first-order valence-electron chi connectivity index (χ1n) is 7.83. The van der Waals surface area contributed by atoms with Crippen molar-refractivity contribution in [2.75, 3.05) is 13.1 Å². The van der Waals surface area contributed by atoms with Crippen LogP contribution in [0.2, 0.25) is 5.02 Å². The third-order valence-corrected chi connectivity index (χ3v) is 6.31. The lowest BCUT2D eigenvalue weighted by Gasteiger charge is -2.17. The van der Waals surface area contributed by atoms with Gasteiger partial charge in [-0.15, -0.1) is 0 Å². The Morgan fingerprint density at radius 3 is 3.00 bits per heavy atom. The van der Waals surface area contributed by atoms with Crippen LogP contribution in [0.3, 0.4) is 0 Å². The quantitative estimate of drug-likeness (QED) is 0.724. The summed E-state index contributed by atoms with van der Waals surface area (Å²) in [6.07, 6.45) is 3.28. The Labute approximate surface area is 153 Å². The second kappa shape index (κ2) is 6.42. The van der Waals surface area contributed by atoms with Crippen LogP contribution in [0, 0.1) is 0 Å². The fraction of sp³-hybridized carbons (Fsp3) is 0.250. The highest BCUT2D eigenvalue weighted by atomic mass is 35.5. The number of hydrogen-bond donors (Lipinski definition) is 1. The molecule has 0 radical (unpaired) electrons. The average molecular weight is 396 g/mol. The van der Waals surface area contributed by atoms with Crippen molar-refractivity contribution in [3.8, 4) is 5.75 Å². The summed E-state index contributed by atoms with van der Waals surface area (Å²) in [7, 11) is -3.71. The fourth-order valence-electron chi connectivity index (χ4n) is 2.89. The van der Waals surface area contributed by atoms with Crippen molar-refractivity contribution >= 4 is 32.7 Å². The van der Waals surface area contributed by atoms with Gasteiger partial charge < -0.3 is 9.15 Å². The molecule has 26 heavy (non-hydrogen) atoms. The van der Waals surface area contributed by atoms with Crippen LogP contribution in [-0.2, 0) is 10.0 Å². The van der Waals surface area contributed by atoms with Gasteiger partial charge in [-0.3, -0.25) is 9.97 Å². The number of sulfonamides is 1. The molecular weight excluding hydrogens is 382 g/mol. The lowest BCUT2D eigenvalue weighted by molar-refractivity contribution is 0.215. The van der Waals surface area contributed by atoms with E-state index >= 15 is 0 Å². The highest BCUT2D eigenvalue weighted by molar-refractivity contribution is 7.89. The number of nitrogens with zero attached hydrogens (tertiary/aromatic N) is 2. The van der Waals surface area contributed by atoms with Crippen LogP contribution in [-0.4, -0.2) is 41.9 Å². The molecule has 0 bridgehead atoms. The minimum atomic E-state index is -3.71. The van der Waals surface area contributed by atoms with Gasteiger partial charge in [0.2, 0.25) is 10.0 Å². The van der Waals surface area contributed by atoms with Crippen LogP contribution in [0.4, 0.5) is 0 Å². The fourth-order valence-corrected chi connectivity index (χ4v) is 4.57. The van der Waals surface area contributed by atoms with Gasteiger partial charge in [-0.1, -0.05) is 11.6 Å². The van der Waals surface area contributed by atoms with Crippen LogP contribution in [0.1, 0.15) is 6.42 Å². The summed E-state index contributed by atoms with van der Waals surface area (Å²) < 4.78 is 37.8. The van der Waals surface area contributed by atoms with Crippen LogP contribution in [0.15, 0.2) is 50.8 Å². The molecule has 4 rings (SSSR count). The number of halogens is 1. The number of hydrogen-bond acceptors (Lipinski definition) is 6. The molecule has 3 aromatic rings.